The van der Waals surface area contributed by atoms with Crippen LogP contribution in [0, 0.1) is 16.2 Å². The Morgan fingerprint density at radius 3 is 2.32 bits per heavy atom. The Labute approximate surface area is 168 Å². The Bertz CT molecular complexity index is 929. The Kier molecular flexibility index (Phi) is 4.13. The van der Waals surface area contributed by atoms with E-state index >= 15 is 0 Å². The van der Waals surface area contributed by atoms with Gasteiger partial charge in [0.25, 0.3) is 0 Å². The Morgan fingerprint density at radius 1 is 1.04 bits per heavy atom. The zero-order chi connectivity index (χ0) is 20.5. The van der Waals surface area contributed by atoms with Crippen molar-refractivity contribution in [1.29, 1.82) is 0 Å². The largest absolute Gasteiger partial charge is 0.465 e. The molecule has 0 radical (unpaired) electrons. The van der Waals surface area contributed by atoms with Crippen LogP contribution in [-0.4, -0.2) is 30.6 Å². The molecule has 1 aromatic rings. The van der Waals surface area contributed by atoms with Crippen LogP contribution in [0.2, 0.25) is 0 Å². The summed E-state index contributed by atoms with van der Waals surface area (Å²) in [5.41, 5.74) is -1.62. The molecule has 1 heterocycles. The monoisotopic (exact) mass is 403 g/mol. The highest BCUT2D eigenvalue weighted by molar-refractivity contribution is 7.17. The maximum atomic E-state index is 13.5. The predicted molar refractivity (Wildman–Crippen MR) is 104 cm³/mol. The molecular formula is C21H25NO5S. The maximum Gasteiger partial charge on any atom is 0.341 e. The molecule has 3 aliphatic rings. The van der Waals surface area contributed by atoms with Crippen molar-refractivity contribution in [2.45, 2.75) is 59.3 Å². The Morgan fingerprint density at radius 2 is 1.71 bits per heavy atom. The van der Waals surface area contributed by atoms with Gasteiger partial charge in [0.15, 0.2) is 0 Å². The first-order valence-electron chi connectivity index (χ1n) is 9.75. The lowest BCUT2D eigenvalue weighted by Gasteiger charge is -2.37. The molecule has 0 spiro atoms. The summed E-state index contributed by atoms with van der Waals surface area (Å²) in [6.07, 6.45) is 4.55. The minimum absolute atomic E-state index is 0.353. The van der Waals surface area contributed by atoms with Gasteiger partial charge in [0.05, 0.1) is 12.7 Å². The maximum absolute atomic E-state index is 13.5. The fraction of sp³-hybridized carbons (Fsp3) is 0.619. The molecule has 2 bridgehead atoms. The van der Waals surface area contributed by atoms with Crippen LogP contribution >= 0.6 is 11.3 Å². The highest BCUT2D eigenvalue weighted by Gasteiger charge is 2.77. The average Bonchev–Trinajstić information content (AvgIpc) is 3.16. The van der Waals surface area contributed by atoms with Crippen LogP contribution in [0.3, 0.4) is 0 Å². The number of rotatable bonds is 3. The number of nitrogens with one attached hydrogen (secondary N) is 1. The first kappa shape index (κ1) is 19.3. The van der Waals surface area contributed by atoms with Crippen LogP contribution < -0.4 is 5.32 Å². The number of ketones is 2. The third-order valence-electron chi connectivity index (χ3n) is 7.72. The molecule has 2 saturated carbocycles. The molecule has 1 N–H and O–H groups in total. The molecule has 6 nitrogen and oxygen atoms in total. The number of fused-ring (bicyclic) bond motifs is 3. The molecule has 4 rings (SSSR count). The molecule has 2 fully saturated rings. The fourth-order valence-corrected chi connectivity index (χ4v) is 6.73. The van der Waals surface area contributed by atoms with Crippen LogP contribution in [0.4, 0.5) is 5.00 Å². The van der Waals surface area contributed by atoms with Gasteiger partial charge >= 0.3 is 5.97 Å². The summed E-state index contributed by atoms with van der Waals surface area (Å²) >= 11 is 1.39. The molecule has 2 atom stereocenters. The normalized spacial score (nSPS) is 30.3. The van der Waals surface area contributed by atoms with E-state index in [0.717, 1.165) is 36.1 Å². The van der Waals surface area contributed by atoms with Crippen molar-refractivity contribution in [2.24, 2.45) is 16.2 Å². The van der Waals surface area contributed by atoms with E-state index in [2.05, 4.69) is 5.32 Å². The van der Waals surface area contributed by atoms with E-state index < -0.39 is 39.7 Å². The van der Waals surface area contributed by atoms with Crippen molar-refractivity contribution in [3.63, 3.8) is 0 Å². The molecule has 0 unspecified atom stereocenters. The van der Waals surface area contributed by atoms with Crippen LogP contribution in [0.1, 0.15) is 67.3 Å². The van der Waals surface area contributed by atoms with Gasteiger partial charge in [0, 0.05) is 10.3 Å². The van der Waals surface area contributed by atoms with Crippen LogP contribution in [0.25, 0.3) is 0 Å². The van der Waals surface area contributed by atoms with Gasteiger partial charge in [-0.15, -0.1) is 11.3 Å². The van der Waals surface area contributed by atoms with Crippen molar-refractivity contribution < 1.29 is 23.9 Å². The fourth-order valence-electron chi connectivity index (χ4n) is 5.45. The van der Waals surface area contributed by atoms with Crippen molar-refractivity contribution in [1.82, 2.24) is 0 Å². The van der Waals surface area contributed by atoms with E-state index in [1.165, 1.54) is 18.4 Å². The number of carbonyl (C=O) groups excluding carboxylic acids is 4. The number of hydrogen-bond donors (Lipinski definition) is 1. The van der Waals surface area contributed by atoms with Gasteiger partial charge in [-0.3, -0.25) is 14.4 Å². The number of anilines is 1. The number of esters is 1. The van der Waals surface area contributed by atoms with Crippen LogP contribution in [0.15, 0.2) is 0 Å². The number of ether oxygens (including phenoxy) is 1. The molecule has 1 aromatic heterocycles. The molecule has 150 valence electrons. The van der Waals surface area contributed by atoms with Crippen LogP contribution in [0.5, 0.6) is 0 Å². The predicted octanol–water partition coefficient (Wildman–Crippen LogP) is 3.32. The molecule has 0 saturated heterocycles. The number of thiophene rings is 1. The van der Waals surface area contributed by atoms with Crippen molar-refractivity contribution in [3.8, 4) is 0 Å². The van der Waals surface area contributed by atoms with Gasteiger partial charge < -0.3 is 10.1 Å². The SMILES string of the molecule is COC(=O)c1c(NC(=O)[C@@]23CC[C@@](C)(C(=O)C2=O)C3(C)C)sc2c1CCCC2. The second-order valence-corrected chi connectivity index (χ2v) is 9.99. The second kappa shape index (κ2) is 5.99. The number of hydrogen-bond acceptors (Lipinski definition) is 6. The summed E-state index contributed by atoms with van der Waals surface area (Å²) in [4.78, 5) is 52.5. The van der Waals surface area contributed by atoms with E-state index in [0.29, 0.717) is 23.4 Å². The second-order valence-electron chi connectivity index (χ2n) is 8.88. The van der Waals surface area contributed by atoms with Crippen LogP contribution in [-0.2, 0) is 32.0 Å². The lowest BCUT2D eigenvalue weighted by molar-refractivity contribution is -0.147. The standard InChI is InChI=1S/C21H25NO5S/c1-19(2)20(3)9-10-21(19,15(24)14(20)23)18(26)22-16-13(17(25)27-4)11-7-5-6-8-12(11)28-16/h5-10H2,1-4H3,(H,22,26)/t20-,21+/m0/s1. The van der Waals surface area contributed by atoms with Gasteiger partial charge in [-0.2, -0.15) is 0 Å². The smallest absolute Gasteiger partial charge is 0.341 e. The summed E-state index contributed by atoms with van der Waals surface area (Å²) in [7, 11) is 1.32. The molecule has 0 aliphatic heterocycles. The highest BCUT2D eigenvalue weighted by Crippen LogP contribution is 2.69. The zero-order valence-corrected chi connectivity index (χ0v) is 17.5. The van der Waals surface area contributed by atoms with Gasteiger partial charge in [-0.1, -0.05) is 20.8 Å². The molecule has 1 amide bonds. The Hall–Kier alpha value is -2.02. The summed E-state index contributed by atoms with van der Waals surface area (Å²) in [5.74, 6) is -1.99. The van der Waals surface area contributed by atoms with E-state index in [-0.39, 0.29) is 0 Å². The lowest BCUT2D eigenvalue weighted by atomic mass is 9.64. The summed E-state index contributed by atoms with van der Waals surface area (Å²) < 4.78 is 4.96. The topological polar surface area (TPSA) is 89.5 Å². The highest BCUT2D eigenvalue weighted by atomic mass is 32.1. The number of Topliss-reactive ketones (excluding diaryl/α,β-unsaturated/α-hetero) is 2. The summed E-state index contributed by atoms with van der Waals surface area (Å²) in [6.45, 7) is 5.46. The molecule has 28 heavy (non-hydrogen) atoms. The van der Waals surface area contributed by atoms with Gasteiger partial charge in [0.2, 0.25) is 17.5 Å². The number of methoxy groups -OCH3 is 1. The average molecular weight is 404 g/mol. The van der Waals surface area contributed by atoms with E-state index in [9.17, 15) is 19.2 Å². The summed E-state index contributed by atoms with van der Waals surface area (Å²) in [6, 6.07) is 0. The van der Waals surface area contributed by atoms with Gasteiger partial charge in [0.1, 0.15) is 10.4 Å². The lowest BCUT2D eigenvalue weighted by Crippen LogP contribution is -2.47. The molecule has 7 heteroatoms. The van der Waals surface area contributed by atoms with Crippen molar-refractivity contribution in [2.75, 3.05) is 12.4 Å². The van der Waals surface area contributed by atoms with Crippen molar-refractivity contribution in [3.05, 3.63) is 16.0 Å². The first-order chi connectivity index (χ1) is 13.1. The van der Waals surface area contributed by atoms with Gasteiger partial charge in [-0.05, 0) is 49.5 Å². The molecule has 3 aliphatic carbocycles. The van der Waals surface area contributed by atoms with E-state index in [1.807, 2.05) is 13.8 Å². The Balaban J connectivity index is 1.76. The quantitative estimate of drug-likeness (QED) is 0.475. The van der Waals surface area contributed by atoms with E-state index in [1.54, 1.807) is 6.92 Å². The third-order valence-corrected chi connectivity index (χ3v) is 8.92. The number of carbonyl (C=O) groups is 4. The molecular weight excluding hydrogens is 378 g/mol. The van der Waals surface area contributed by atoms with Crippen molar-refractivity contribution >= 4 is 39.8 Å². The summed E-state index contributed by atoms with van der Waals surface area (Å²) in [5, 5.41) is 3.31. The number of aryl methyl sites for hydroxylation is 1. The van der Waals surface area contributed by atoms with E-state index in [4.69, 9.17) is 4.74 Å². The zero-order valence-electron chi connectivity index (χ0n) is 16.7. The molecule has 0 aromatic carbocycles. The minimum Gasteiger partial charge on any atom is -0.465 e. The third kappa shape index (κ3) is 2.08. The minimum atomic E-state index is -1.38. The first-order valence-corrected chi connectivity index (χ1v) is 10.6. The van der Waals surface area contributed by atoms with Gasteiger partial charge in [-0.25, -0.2) is 4.79 Å². The number of amides is 1.